The number of benzene rings is 1. The number of hydrogen-bond donors (Lipinski definition) is 3. The fourth-order valence-electron chi connectivity index (χ4n) is 2.16. The van der Waals surface area contributed by atoms with Crippen LogP contribution in [0.3, 0.4) is 0 Å². The van der Waals surface area contributed by atoms with Crippen molar-refractivity contribution in [1.82, 2.24) is 10.6 Å². The first kappa shape index (κ1) is 26.8. The van der Waals surface area contributed by atoms with Gasteiger partial charge in [-0.15, -0.1) is 4.91 Å². The summed E-state index contributed by atoms with van der Waals surface area (Å²) in [6.07, 6.45) is 9.15. The predicted molar refractivity (Wildman–Crippen MR) is 114 cm³/mol. The lowest BCUT2D eigenvalue weighted by atomic mass is 10.1. The van der Waals surface area contributed by atoms with Crippen molar-refractivity contribution in [2.45, 2.75) is 58.8 Å². The Morgan fingerprint density at radius 3 is 2.03 bits per heavy atom. The van der Waals surface area contributed by atoms with Gasteiger partial charge >= 0.3 is 17.8 Å². The van der Waals surface area contributed by atoms with Crippen molar-refractivity contribution < 1.29 is 24.3 Å². The first-order chi connectivity index (χ1) is 14.4. The summed E-state index contributed by atoms with van der Waals surface area (Å²) in [6.45, 7) is 4.28. The number of carbonyl (C=O) groups excluding carboxylic acids is 2. The Labute approximate surface area is 176 Å². The highest BCUT2D eigenvalue weighted by Crippen LogP contribution is 2.05. The van der Waals surface area contributed by atoms with E-state index in [9.17, 15) is 19.3 Å². The minimum absolute atomic E-state index is 0.222. The van der Waals surface area contributed by atoms with E-state index in [1.54, 1.807) is 13.0 Å². The smallest absolute Gasteiger partial charge is 0.315 e. The first-order valence-electron chi connectivity index (χ1n) is 10.00. The predicted octanol–water partition coefficient (Wildman–Crippen LogP) is 3.76. The van der Waals surface area contributed by atoms with Crippen LogP contribution in [0.2, 0.25) is 0 Å². The van der Waals surface area contributed by atoms with Crippen LogP contribution in [-0.4, -0.2) is 29.5 Å². The number of rotatable bonds is 10. The van der Waals surface area contributed by atoms with Crippen LogP contribution in [0.4, 0.5) is 0 Å². The highest BCUT2D eigenvalue weighted by molar-refractivity contribution is 6.38. The number of unbranched alkanes of at least 4 members (excludes halogenated alkanes) is 5. The van der Waals surface area contributed by atoms with E-state index < -0.39 is 17.8 Å². The molecule has 0 spiro atoms. The van der Waals surface area contributed by atoms with Gasteiger partial charge in [-0.1, -0.05) is 69.9 Å². The summed E-state index contributed by atoms with van der Waals surface area (Å²) in [7, 11) is 0. The Morgan fingerprint density at radius 2 is 1.53 bits per heavy atom. The molecule has 1 aromatic carbocycles. The van der Waals surface area contributed by atoms with E-state index in [2.05, 4.69) is 27.7 Å². The second-order valence-electron chi connectivity index (χ2n) is 6.30. The lowest BCUT2D eigenvalue weighted by Crippen LogP contribution is -2.19. The van der Waals surface area contributed by atoms with Crippen LogP contribution in [0.1, 0.15) is 64.4 Å². The third kappa shape index (κ3) is 14.8. The first-order valence-corrected chi connectivity index (χ1v) is 10.00. The van der Waals surface area contributed by atoms with Gasteiger partial charge in [0.25, 0.3) is 0 Å². The maximum Gasteiger partial charge on any atom is 0.315 e. The van der Waals surface area contributed by atoms with Crippen LogP contribution in [0.25, 0.3) is 6.08 Å². The third-order valence-corrected chi connectivity index (χ3v) is 3.76. The molecule has 2 amide bonds. The molecular weight excluding hydrogens is 390 g/mol. The average molecular weight is 421 g/mol. The zero-order valence-electron chi connectivity index (χ0n) is 17.6. The summed E-state index contributed by atoms with van der Waals surface area (Å²) in [5.74, 6) is -1.56. The molecule has 0 atom stereocenters. The van der Waals surface area contributed by atoms with Crippen molar-refractivity contribution >= 4 is 23.9 Å². The van der Waals surface area contributed by atoms with E-state index in [0.717, 1.165) is 18.4 Å². The van der Waals surface area contributed by atoms with E-state index in [-0.39, 0.29) is 6.42 Å². The van der Waals surface area contributed by atoms with Gasteiger partial charge in [0, 0.05) is 6.42 Å². The topological polar surface area (TPSA) is 134 Å². The minimum Gasteiger partial charge on any atom is -0.481 e. The number of carbonyl (C=O) groups is 3. The van der Waals surface area contributed by atoms with Crippen molar-refractivity contribution in [1.29, 1.82) is 0 Å². The molecule has 1 aliphatic heterocycles. The molecule has 0 unspecified atom stereocenters. The van der Waals surface area contributed by atoms with Gasteiger partial charge in [0.1, 0.15) is 12.4 Å². The molecule has 0 saturated carbocycles. The van der Waals surface area contributed by atoms with Gasteiger partial charge in [0.2, 0.25) is 0 Å². The molecule has 1 fully saturated rings. The lowest BCUT2D eigenvalue weighted by Gasteiger charge is -1.97. The summed E-state index contributed by atoms with van der Waals surface area (Å²) in [5.41, 5.74) is 0.921. The van der Waals surface area contributed by atoms with E-state index in [0.29, 0.717) is 12.4 Å². The van der Waals surface area contributed by atoms with Gasteiger partial charge in [-0.05, 0) is 24.5 Å². The van der Waals surface area contributed by atoms with Crippen LogP contribution in [0.5, 0.6) is 0 Å². The lowest BCUT2D eigenvalue weighted by molar-refractivity contribution is -0.136. The highest BCUT2D eigenvalue weighted by atomic mass is 16.7. The number of nitrogens with one attached hydrogen (secondary N) is 2. The highest BCUT2D eigenvalue weighted by Gasteiger charge is 2.23. The van der Waals surface area contributed by atoms with Crippen molar-refractivity contribution in [2.24, 2.45) is 5.34 Å². The number of aliphatic carboxylic acids is 1. The van der Waals surface area contributed by atoms with Crippen LogP contribution in [0, 0.1) is 4.91 Å². The number of nitrogens with zero attached hydrogens (tertiary/aromatic N) is 1. The number of carboxylic acids is 1. The van der Waals surface area contributed by atoms with Crippen molar-refractivity contribution in [3.05, 3.63) is 46.6 Å². The van der Waals surface area contributed by atoms with Crippen molar-refractivity contribution in [3.8, 4) is 0 Å². The zero-order chi connectivity index (χ0) is 22.6. The molecule has 1 saturated heterocycles. The SMILES string of the molecule is CCC(=O)O.CCCCCCCCON=O.O=C1NC(=Cc2ccccc2)NC1=O. The largest absolute Gasteiger partial charge is 0.481 e. The zero-order valence-corrected chi connectivity index (χ0v) is 17.6. The quantitative estimate of drug-likeness (QED) is 0.228. The van der Waals surface area contributed by atoms with Gasteiger partial charge < -0.3 is 20.6 Å². The molecule has 1 aromatic rings. The number of hydrogen-bond acceptors (Lipinski definition) is 6. The second-order valence-corrected chi connectivity index (χ2v) is 6.30. The Bertz CT molecular complexity index is 659. The van der Waals surface area contributed by atoms with Gasteiger partial charge in [0.15, 0.2) is 5.34 Å². The fraction of sp³-hybridized carbons (Fsp3) is 0.476. The number of carboxylic acid groups (broad SMARTS) is 1. The van der Waals surface area contributed by atoms with Crippen LogP contribution >= 0.6 is 0 Å². The van der Waals surface area contributed by atoms with Gasteiger partial charge in [-0.25, -0.2) is 0 Å². The third-order valence-electron chi connectivity index (χ3n) is 3.76. The monoisotopic (exact) mass is 421 g/mol. The van der Waals surface area contributed by atoms with Crippen molar-refractivity contribution in [2.75, 3.05) is 6.61 Å². The molecule has 3 N–H and O–H groups in total. The van der Waals surface area contributed by atoms with Crippen molar-refractivity contribution in [3.63, 3.8) is 0 Å². The normalized spacial score (nSPS) is 11.7. The van der Waals surface area contributed by atoms with E-state index in [4.69, 9.17) is 5.11 Å². The summed E-state index contributed by atoms with van der Waals surface area (Å²) >= 11 is 0. The average Bonchev–Trinajstić information content (AvgIpc) is 3.06. The minimum atomic E-state index is -0.745. The maximum absolute atomic E-state index is 10.8. The summed E-state index contributed by atoms with van der Waals surface area (Å²) in [4.78, 5) is 44.8. The Hall–Kier alpha value is -3.23. The molecule has 0 aliphatic carbocycles. The van der Waals surface area contributed by atoms with E-state index in [1.165, 1.54) is 25.7 Å². The summed E-state index contributed by atoms with van der Waals surface area (Å²) in [6, 6.07) is 9.41. The molecule has 0 radical (unpaired) electrons. The molecule has 9 nitrogen and oxygen atoms in total. The van der Waals surface area contributed by atoms with Gasteiger partial charge in [0.05, 0.1) is 0 Å². The van der Waals surface area contributed by atoms with Crippen LogP contribution in [-0.2, 0) is 19.2 Å². The molecule has 2 rings (SSSR count). The molecule has 9 heteroatoms. The molecule has 1 heterocycles. The van der Waals surface area contributed by atoms with Gasteiger partial charge in [-0.3, -0.25) is 14.4 Å². The van der Waals surface area contributed by atoms with Crippen LogP contribution < -0.4 is 10.6 Å². The molecule has 30 heavy (non-hydrogen) atoms. The van der Waals surface area contributed by atoms with E-state index >= 15 is 0 Å². The molecular formula is C21H31N3O6. The summed E-state index contributed by atoms with van der Waals surface area (Å²) in [5, 5.41) is 14.9. The molecule has 1 aliphatic rings. The standard InChI is InChI=1S/C10H8N2O2.C8H17NO2.C3H6O2/c13-9-10(14)12-8(11-9)6-7-4-2-1-3-5-7;1-2-3-4-5-6-7-8-11-9-10;1-2-3(4)5/h1-6H,(H,11,13)(H,12,14);2-8H2,1H3;2H2,1H3,(H,4,5). The fourth-order valence-corrected chi connectivity index (χ4v) is 2.16. The summed E-state index contributed by atoms with van der Waals surface area (Å²) < 4.78 is 0. The Balaban J connectivity index is 0.000000471. The number of amides is 2. The van der Waals surface area contributed by atoms with Crippen LogP contribution in [0.15, 0.2) is 41.5 Å². The maximum atomic E-state index is 10.8. The Kier molecular flexibility index (Phi) is 15.9. The second kappa shape index (κ2) is 17.8. The molecule has 0 aromatic heterocycles. The van der Waals surface area contributed by atoms with E-state index in [1.807, 2.05) is 30.3 Å². The van der Waals surface area contributed by atoms with Gasteiger partial charge in [-0.2, -0.15) is 0 Å². The Morgan fingerprint density at radius 1 is 1.00 bits per heavy atom. The molecule has 166 valence electrons. The molecule has 0 bridgehead atoms.